The predicted octanol–water partition coefficient (Wildman–Crippen LogP) is 4.70. The molecule has 0 bridgehead atoms. The average Bonchev–Trinajstić information content (AvgIpc) is 3.49. The van der Waals surface area contributed by atoms with Crippen LogP contribution in [-0.4, -0.2) is 69.5 Å². The Morgan fingerprint density at radius 3 is 2.31 bits per heavy atom. The Morgan fingerprint density at radius 1 is 0.941 bits per heavy atom. The van der Waals surface area contributed by atoms with E-state index in [2.05, 4.69) is 5.43 Å². The molecule has 51 heavy (non-hydrogen) atoms. The maximum atomic E-state index is 15.1. The largest absolute Gasteiger partial charge is 0.491 e. The van der Waals surface area contributed by atoms with Gasteiger partial charge in [0.2, 0.25) is 11.8 Å². The normalized spacial score (nSPS) is 26.8. The fraction of sp³-hybridized carbons (Fsp3) is 0.342. The van der Waals surface area contributed by atoms with Gasteiger partial charge in [0, 0.05) is 23.9 Å². The minimum atomic E-state index is -1.52. The van der Waals surface area contributed by atoms with E-state index < -0.39 is 64.5 Å². The highest BCUT2D eigenvalue weighted by Crippen LogP contribution is 2.64. The molecule has 0 aromatic heterocycles. The van der Waals surface area contributed by atoms with Crippen LogP contribution in [0.4, 0.5) is 10.1 Å². The molecule has 2 aliphatic carbocycles. The van der Waals surface area contributed by atoms with Crippen LogP contribution in [0.2, 0.25) is 5.02 Å². The second-order valence-corrected chi connectivity index (χ2v) is 13.8. The average molecular weight is 716 g/mol. The lowest BCUT2D eigenvalue weighted by atomic mass is 9.49. The predicted molar refractivity (Wildman–Crippen MR) is 182 cm³/mol. The highest BCUT2D eigenvalue weighted by atomic mass is 35.5. The molecule has 13 heteroatoms. The topological polar surface area (TPSA) is 154 Å². The number of nitrogens with one attached hydrogen (secondary N) is 1. The monoisotopic (exact) mass is 715 g/mol. The maximum Gasteiger partial charge on any atom is 0.303 e. The summed E-state index contributed by atoms with van der Waals surface area (Å²) in [4.78, 5) is 69.9. The van der Waals surface area contributed by atoms with Crippen LogP contribution in [0.15, 0.2) is 84.4 Å². The number of carbonyl (C=O) groups is 5. The first-order valence-electron chi connectivity index (χ1n) is 16.8. The number of carboxylic acids is 1. The van der Waals surface area contributed by atoms with Crippen molar-refractivity contribution < 1.29 is 43.3 Å². The van der Waals surface area contributed by atoms with Crippen LogP contribution in [0.25, 0.3) is 0 Å². The summed E-state index contributed by atoms with van der Waals surface area (Å²) in [6.45, 7) is -0.134. The Balaban J connectivity index is 1.38. The number of hydrazine groups is 1. The highest BCUT2D eigenvalue weighted by Gasteiger charge is 2.70. The number of rotatable bonds is 11. The SMILES string of the molecule is O=C(O)CCCN1C(=O)C2CC=C3C(CC4C(=O)N(Nc5ccc(F)cc5)C(=O)C4(c4ccc(Cl)cc4)C3c3ccc(OCCO)cc3)C2C1=O. The number of likely N-dealkylation sites (tertiary alicyclic amines) is 1. The van der Waals surface area contributed by atoms with Crippen molar-refractivity contribution in [1.29, 1.82) is 0 Å². The minimum Gasteiger partial charge on any atom is -0.491 e. The van der Waals surface area contributed by atoms with Gasteiger partial charge in [-0.3, -0.25) is 34.3 Å². The van der Waals surface area contributed by atoms with Gasteiger partial charge in [0.1, 0.15) is 18.2 Å². The molecular formula is C38H35ClFN3O8. The van der Waals surface area contributed by atoms with Crippen LogP contribution in [0.5, 0.6) is 5.75 Å². The number of carbonyl (C=O) groups excluding carboxylic acids is 4. The van der Waals surface area contributed by atoms with Crippen molar-refractivity contribution in [2.24, 2.45) is 23.7 Å². The number of amides is 4. The number of benzene rings is 3. The molecule has 0 radical (unpaired) electrons. The first-order valence-corrected chi connectivity index (χ1v) is 17.2. The number of carboxylic acid groups (broad SMARTS) is 1. The Morgan fingerprint density at radius 2 is 1.65 bits per heavy atom. The summed E-state index contributed by atoms with van der Waals surface area (Å²) >= 11 is 6.33. The Kier molecular flexibility index (Phi) is 9.15. The standard InChI is InChI=1S/C38H35ClFN3O8/c39-23-7-5-22(6-8-23)38-30(35(48)43(37(38)50)41-25-11-9-24(40)10-12-25)20-29-27(33(38)21-3-13-26(14-4-21)51-19-18-44)15-16-28-32(29)36(49)42(34(28)47)17-1-2-31(45)46/h3-15,28-30,32-33,41,44H,1-2,16-20H2,(H,45,46). The van der Waals surface area contributed by atoms with E-state index >= 15 is 4.79 Å². The zero-order valence-electron chi connectivity index (χ0n) is 27.3. The number of aliphatic carboxylic acids is 1. The van der Waals surface area contributed by atoms with E-state index in [-0.39, 0.29) is 51.3 Å². The van der Waals surface area contributed by atoms with Gasteiger partial charge >= 0.3 is 5.97 Å². The van der Waals surface area contributed by atoms with Crippen LogP contribution in [0.1, 0.15) is 42.7 Å². The summed E-state index contributed by atoms with van der Waals surface area (Å²) < 4.78 is 19.4. The molecule has 3 aromatic rings. The zero-order valence-corrected chi connectivity index (χ0v) is 28.1. The first kappa shape index (κ1) is 34.4. The molecule has 11 nitrogen and oxygen atoms in total. The van der Waals surface area contributed by atoms with Gasteiger partial charge in [-0.2, -0.15) is 5.01 Å². The van der Waals surface area contributed by atoms with E-state index in [0.29, 0.717) is 27.6 Å². The molecule has 1 saturated carbocycles. The highest BCUT2D eigenvalue weighted by molar-refractivity contribution is 6.30. The summed E-state index contributed by atoms with van der Waals surface area (Å²) in [7, 11) is 0. The van der Waals surface area contributed by atoms with Crippen LogP contribution in [0, 0.1) is 29.5 Å². The molecule has 264 valence electrons. The van der Waals surface area contributed by atoms with Crippen LogP contribution >= 0.6 is 11.6 Å². The number of allylic oxidation sites excluding steroid dienone is 2. The van der Waals surface area contributed by atoms with Crippen LogP contribution in [-0.2, 0) is 29.4 Å². The number of ether oxygens (including phenoxy) is 1. The van der Waals surface area contributed by atoms with E-state index in [4.69, 9.17) is 21.4 Å². The number of aliphatic hydroxyl groups excluding tert-OH is 1. The van der Waals surface area contributed by atoms with Crippen molar-refractivity contribution in [2.75, 3.05) is 25.2 Å². The number of anilines is 1. The lowest BCUT2D eigenvalue weighted by Crippen LogP contribution is -2.53. The van der Waals surface area contributed by atoms with E-state index in [0.717, 1.165) is 15.5 Å². The number of halogens is 2. The molecule has 4 aliphatic rings. The van der Waals surface area contributed by atoms with E-state index in [1.807, 2.05) is 6.08 Å². The molecule has 2 saturated heterocycles. The number of nitrogens with zero attached hydrogens (tertiary/aromatic N) is 2. The van der Waals surface area contributed by atoms with Crippen molar-refractivity contribution in [3.63, 3.8) is 0 Å². The van der Waals surface area contributed by atoms with Gasteiger partial charge in [0.05, 0.1) is 35.5 Å². The third-order valence-corrected chi connectivity index (χ3v) is 10.9. The van der Waals surface area contributed by atoms with Gasteiger partial charge in [-0.05, 0) is 84.8 Å². The van der Waals surface area contributed by atoms with Crippen molar-refractivity contribution >= 4 is 46.9 Å². The summed E-state index contributed by atoms with van der Waals surface area (Å²) in [5, 5.41) is 19.9. The van der Waals surface area contributed by atoms with Crippen molar-refractivity contribution in [3.8, 4) is 5.75 Å². The van der Waals surface area contributed by atoms with Gasteiger partial charge in [0.25, 0.3) is 11.8 Å². The van der Waals surface area contributed by atoms with Crippen molar-refractivity contribution in [3.05, 3.63) is 106 Å². The van der Waals surface area contributed by atoms with E-state index in [9.17, 15) is 28.7 Å². The zero-order chi connectivity index (χ0) is 36.0. The summed E-state index contributed by atoms with van der Waals surface area (Å²) in [5.74, 6) is -6.75. The summed E-state index contributed by atoms with van der Waals surface area (Å²) in [6, 6.07) is 19.1. The van der Waals surface area contributed by atoms with Gasteiger partial charge in [-0.25, -0.2) is 4.39 Å². The third kappa shape index (κ3) is 5.76. The second kappa shape index (κ2) is 13.6. The Labute approximate surface area is 297 Å². The number of hydrogen-bond acceptors (Lipinski definition) is 8. The van der Waals surface area contributed by atoms with Gasteiger partial charge in [0.15, 0.2) is 0 Å². The summed E-state index contributed by atoms with van der Waals surface area (Å²) in [6.07, 6.45) is 2.16. The number of aliphatic hydroxyl groups is 1. The quantitative estimate of drug-likeness (QED) is 0.189. The van der Waals surface area contributed by atoms with E-state index in [1.165, 1.54) is 24.3 Å². The fourth-order valence-corrected chi connectivity index (χ4v) is 8.75. The van der Waals surface area contributed by atoms with Crippen LogP contribution in [0.3, 0.4) is 0 Å². The molecule has 4 amide bonds. The second-order valence-electron chi connectivity index (χ2n) is 13.3. The van der Waals surface area contributed by atoms with Crippen molar-refractivity contribution in [2.45, 2.75) is 37.0 Å². The maximum absolute atomic E-state index is 15.1. The molecule has 3 fully saturated rings. The lowest BCUT2D eigenvalue weighted by Gasteiger charge is -2.50. The molecule has 0 spiro atoms. The van der Waals surface area contributed by atoms with Gasteiger partial charge in [-0.15, -0.1) is 0 Å². The third-order valence-electron chi connectivity index (χ3n) is 10.7. The Bertz CT molecular complexity index is 1920. The number of imide groups is 2. The summed E-state index contributed by atoms with van der Waals surface area (Å²) in [5.41, 5.74) is 3.67. The molecule has 2 aliphatic heterocycles. The molecule has 6 atom stereocenters. The number of fused-ring (bicyclic) bond motifs is 4. The molecule has 3 N–H and O–H groups in total. The van der Waals surface area contributed by atoms with Gasteiger partial charge < -0.3 is 14.9 Å². The molecule has 2 heterocycles. The smallest absolute Gasteiger partial charge is 0.303 e. The fourth-order valence-electron chi connectivity index (χ4n) is 8.62. The Hall–Kier alpha value is -5.07. The first-order chi connectivity index (χ1) is 24.6. The molecule has 6 unspecified atom stereocenters. The molecule has 3 aromatic carbocycles. The van der Waals surface area contributed by atoms with Crippen molar-refractivity contribution in [1.82, 2.24) is 9.91 Å². The van der Waals surface area contributed by atoms with Crippen LogP contribution < -0.4 is 10.2 Å². The molecular weight excluding hydrogens is 681 g/mol. The molecule has 7 rings (SSSR count). The van der Waals surface area contributed by atoms with Gasteiger partial charge in [-0.1, -0.05) is 47.5 Å². The number of hydrogen-bond donors (Lipinski definition) is 3. The lowest BCUT2D eigenvalue weighted by molar-refractivity contribution is -0.142. The van der Waals surface area contributed by atoms with E-state index in [1.54, 1.807) is 48.5 Å². The minimum absolute atomic E-state index is 0.0251.